The fraction of sp³-hybridized carbons (Fsp3) is 0.562. The van der Waals surface area contributed by atoms with E-state index in [9.17, 15) is 30.8 Å². The summed E-state index contributed by atoms with van der Waals surface area (Å²) < 4.78 is 79.3. The third-order valence-corrected chi connectivity index (χ3v) is 6.58. The summed E-state index contributed by atoms with van der Waals surface area (Å²) in [5, 5.41) is 11.0. The van der Waals surface area contributed by atoms with E-state index in [1.54, 1.807) is 0 Å². The highest BCUT2D eigenvalue weighted by molar-refractivity contribution is 7.89. The van der Waals surface area contributed by atoms with Crippen molar-refractivity contribution >= 4 is 16.1 Å². The molecule has 1 amide bonds. The Labute approximate surface area is 153 Å². The zero-order valence-electron chi connectivity index (χ0n) is 14.1. The lowest BCUT2D eigenvalue weighted by molar-refractivity contribution is -0.140. The first-order chi connectivity index (χ1) is 12.4. The molecule has 3 N–H and O–H groups in total. The molecule has 2 fully saturated rings. The molecule has 1 aromatic carbocycles. The van der Waals surface area contributed by atoms with Crippen molar-refractivity contribution in [1.82, 2.24) is 10.0 Å². The minimum absolute atomic E-state index is 0.116. The second kappa shape index (κ2) is 6.33. The third kappa shape index (κ3) is 4.52. The number of nitrogens with one attached hydrogen (secondary N) is 2. The van der Waals surface area contributed by atoms with Crippen molar-refractivity contribution in [1.29, 1.82) is 0 Å². The van der Waals surface area contributed by atoms with Gasteiger partial charge in [0.05, 0.1) is 16.9 Å². The first-order valence-electron chi connectivity index (χ1n) is 8.22. The van der Waals surface area contributed by atoms with E-state index in [-0.39, 0.29) is 12.1 Å². The minimum atomic E-state index is -4.87. The Morgan fingerprint density at radius 3 is 2.30 bits per heavy atom. The molecule has 2 saturated carbocycles. The number of carbonyl (C=O) groups is 1. The van der Waals surface area contributed by atoms with Gasteiger partial charge >= 0.3 is 12.3 Å². The highest BCUT2D eigenvalue weighted by Gasteiger charge is 2.50. The molecule has 150 valence electrons. The fourth-order valence-corrected chi connectivity index (χ4v) is 4.91. The van der Waals surface area contributed by atoms with Crippen LogP contribution in [-0.4, -0.2) is 37.5 Å². The quantitative estimate of drug-likeness (QED) is 0.602. The van der Waals surface area contributed by atoms with Gasteiger partial charge in [-0.1, -0.05) is 6.07 Å². The van der Waals surface area contributed by atoms with Gasteiger partial charge in [-0.25, -0.2) is 22.3 Å². The van der Waals surface area contributed by atoms with Crippen LogP contribution in [-0.2, 0) is 21.6 Å². The maximum absolute atomic E-state index is 13.5. The standard InChI is InChI=1S/C16H18F4N2O4S/c17-12-2-1-10(7-11(12)16(18,19)20)14(3-4-14)9-27(25,26)21-8-15(5-6-15)22-13(23)24/h1-2,7,21-22H,3-6,8-9H2,(H,23,24). The Morgan fingerprint density at radius 1 is 1.19 bits per heavy atom. The minimum Gasteiger partial charge on any atom is -0.465 e. The summed E-state index contributed by atoms with van der Waals surface area (Å²) in [4.78, 5) is 10.7. The molecule has 0 spiro atoms. The molecule has 3 rings (SSSR count). The van der Waals surface area contributed by atoms with Crippen molar-refractivity contribution < 1.29 is 35.9 Å². The molecule has 0 radical (unpaired) electrons. The number of alkyl halides is 3. The van der Waals surface area contributed by atoms with Crippen LogP contribution in [0.4, 0.5) is 22.4 Å². The van der Waals surface area contributed by atoms with Crippen molar-refractivity contribution in [2.75, 3.05) is 12.3 Å². The highest BCUT2D eigenvalue weighted by Crippen LogP contribution is 2.50. The third-order valence-electron chi connectivity index (χ3n) is 5.06. The van der Waals surface area contributed by atoms with E-state index < -0.39 is 50.4 Å². The van der Waals surface area contributed by atoms with E-state index in [0.717, 1.165) is 0 Å². The predicted molar refractivity (Wildman–Crippen MR) is 87.2 cm³/mol. The Bertz CT molecular complexity index is 862. The summed E-state index contributed by atoms with van der Waals surface area (Å²) in [6, 6.07) is 2.56. The number of amides is 1. The summed E-state index contributed by atoms with van der Waals surface area (Å²) in [7, 11) is -3.87. The number of benzene rings is 1. The number of halogens is 4. The largest absolute Gasteiger partial charge is 0.465 e. The number of carboxylic acid groups (broad SMARTS) is 1. The van der Waals surface area contributed by atoms with Crippen molar-refractivity contribution in [3.05, 3.63) is 35.1 Å². The molecule has 0 atom stereocenters. The lowest BCUT2D eigenvalue weighted by Gasteiger charge is -2.20. The van der Waals surface area contributed by atoms with Gasteiger partial charge in [-0.2, -0.15) is 13.2 Å². The molecule has 2 aliphatic rings. The van der Waals surface area contributed by atoms with Gasteiger partial charge in [0.1, 0.15) is 5.82 Å². The Hall–Kier alpha value is -1.88. The Morgan fingerprint density at radius 2 is 1.81 bits per heavy atom. The normalized spacial score (nSPS) is 20.1. The summed E-state index contributed by atoms with van der Waals surface area (Å²) in [6.45, 7) is -0.116. The van der Waals surface area contributed by atoms with Gasteiger partial charge in [0.15, 0.2) is 0 Å². The average Bonchev–Trinajstić information content (AvgIpc) is 3.43. The SMILES string of the molecule is O=C(O)NC1(CNS(=O)(=O)CC2(c3ccc(F)c(C(F)(F)F)c3)CC2)CC1. The monoisotopic (exact) mass is 410 g/mol. The fourth-order valence-electron chi connectivity index (χ4n) is 3.13. The number of rotatable bonds is 7. The van der Waals surface area contributed by atoms with Crippen molar-refractivity contribution in [2.24, 2.45) is 0 Å². The molecule has 0 unspecified atom stereocenters. The van der Waals surface area contributed by atoms with Crippen LogP contribution in [0.15, 0.2) is 18.2 Å². The zero-order valence-corrected chi connectivity index (χ0v) is 14.9. The topological polar surface area (TPSA) is 95.5 Å². The molecule has 11 heteroatoms. The second-order valence-corrected chi connectivity index (χ2v) is 9.07. The van der Waals surface area contributed by atoms with Crippen LogP contribution in [0.1, 0.15) is 36.8 Å². The summed E-state index contributed by atoms with van der Waals surface area (Å²) in [5.74, 6) is -1.84. The molecule has 0 heterocycles. The Kier molecular flexibility index (Phi) is 4.66. The number of hydrogen-bond donors (Lipinski definition) is 3. The highest BCUT2D eigenvalue weighted by atomic mass is 32.2. The Balaban J connectivity index is 1.72. The van der Waals surface area contributed by atoms with Crippen LogP contribution in [0.2, 0.25) is 0 Å². The van der Waals surface area contributed by atoms with E-state index in [2.05, 4.69) is 10.0 Å². The van der Waals surface area contributed by atoms with E-state index >= 15 is 0 Å². The molecule has 27 heavy (non-hydrogen) atoms. The molecule has 0 aromatic heterocycles. The second-order valence-electron chi connectivity index (χ2n) is 7.26. The molecular formula is C16H18F4N2O4S. The van der Waals surface area contributed by atoms with Crippen molar-refractivity contribution in [2.45, 2.75) is 42.8 Å². The van der Waals surface area contributed by atoms with Crippen LogP contribution in [0.25, 0.3) is 0 Å². The van der Waals surface area contributed by atoms with E-state index in [1.807, 2.05) is 0 Å². The average molecular weight is 410 g/mol. The molecule has 6 nitrogen and oxygen atoms in total. The van der Waals surface area contributed by atoms with Crippen LogP contribution in [0, 0.1) is 5.82 Å². The van der Waals surface area contributed by atoms with Gasteiger partial charge in [0.25, 0.3) is 0 Å². The van der Waals surface area contributed by atoms with Crippen LogP contribution in [0.5, 0.6) is 0 Å². The molecular weight excluding hydrogens is 392 g/mol. The van der Waals surface area contributed by atoms with Gasteiger partial charge in [-0.3, -0.25) is 0 Å². The van der Waals surface area contributed by atoms with Gasteiger partial charge in [-0.15, -0.1) is 0 Å². The number of hydrogen-bond acceptors (Lipinski definition) is 3. The maximum Gasteiger partial charge on any atom is 0.419 e. The smallest absolute Gasteiger partial charge is 0.419 e. The van der Waals surface area contributed by atoms with Crippen LogP contribution in [0.3, 0.4) is 0 Å². The first kappa shape index (κ1) is 19.9. The molecule has 1 aromatic rings. The van der Waals surface area contributed by atoms with Crippen molar-refractivity contribution in [3.63, 3.8) is 0 Å². The van der Waals surface area contributed by atoms with Gasteiger partial charge in [-0.05, 0) is 43.4 Å². The molecule has 2 aliphatic carbocycles. The summed E-state index contributed by atoms with van der Waals surface area (Å²) in [5.41, 5.74) is -3.10. The molecule has 0 bridgehead atoms. The van der Waals surface area contributed by atoms with Crippen LogP contribution < -0.4 is 10.0 Å². The van der Waals surface area contributed by atoms with Gasteiger partial charge < -0.3 is 10.4 Å². The molecule has 0 saturated heterocycles. The van der Waals surface area contributed by atoms with E-state index in [4.69, 9.17) is 5.11 Å². The number of sulfonamides is 1. The summed E-state index contributed by atoms with van der Waals surface area (Å²) in [6.07, 6.45) is -4.38. The van der Waals surface area contributed by atoms with Crippen LogP contribution >= 0.6 is 0 Å². The summed E-state index contributed by atoms with van der Waals surface area (Å²) >= 11 is 0. The van der Waals surface area contributed by atoms with E-state index in [0.29, 0.717) is 37.8 Å². The van der Waals surface area contributed by atoms with Gasteiger partial charge in [0, 0.05) is 12.0 Å². The van der Waals surface area contributed by atoms with E-state index in [1.165, 1.54) is 6.07 Å². The predicted octanol–water partition coefficient (Wildman–Crippen LogP) is 2.60. The lowest BCUT2D eigenvalue weighted by Crippen LogP contribution is -2.46. The first-order valence-corrected chi connectivity index (χ1v) is 9.87. The van der Waals surface area contributed by atoms with Crippen molar-refractivity contribution in [3.8, 4) is 0 Å². The maximum atomic E-state index is 13.5. The van der Waals surface area contributed by atoms with Gasteiger partial charge in [0.2, 0.25) is 10.0 Å². The lowest BCUT2D eigenvalue weighted by atomic mass is 9.96. The molecule has 0 aliphatic heterocycles. The zero-order chi connectivity index (χ0) is 20.1.